The smallest absolute Gasteiger partial charge is 0.316 e. The summed E-state index contributed by atoms with van der Waals surface area (Å²) >= 11 is 0. The quantitative estimate of drug-likeness (QED) is 0.906. The van der Waals surface area contributed by atoms with Crippen LogP contribution < -0.4 is 11.1 Å². The summed E-state index contributed by atoms with van der Waals surface area (Å²) in [5.41, 5.74) is 7.39. The Morgan fingerprint density at radius 1 is 1.22 bits per heavy atom. The number of nitriles is 1. The molecule has 0 aliphatic carbocycles. The lowest BCUT2D eigenvalue weighted by atomic mass is 10.1. The summed E-state index contributed by atoms with van der Waals surface area (Å²) in [6.07, 6.45) is 0. The maximum Gasteiger partial charge on any atom is 0.316 e. The van der Waals surface area contributed by atoms with Gasteiger partial charge in [0.15, 0.2) is 0 Å². The Hall–Kier alpha value is -3.33. The van der Waals surface area contributed by atoms with E-state index in [1.807, 2.05) is 6.07 Å². The van der Waals surface area contributed by atoms with Gasteiger partial charge in [0.2, 0.25) is 0 Å². The van der Waals surface area contributed by atoms with Crippen LogP contribution in [0.1, 0.15) is 21.5 Å². The number of hydrogen-bond donors (Lipinski definition) is 2. The summed E-state index contributed by atoms with van der Waals surface area (Å²) < 4.78 is 0. The number of anilines is 1. The van der Waals surface area contributed by atoms with E-state index in [1.165, 1.54) is 0 Å². The minimum Gasteiger partial charge on any atom is -0.351 e. The first kappa shape index (κ1) is 16.0. The van der Waals surface area contributed by atoms with Crippen molar-refractivity contribution < 1.29 is 9.59 Å². The second-order valence-electron chi connectivity index (χ2n) is 5.04. The molecule has 0 fully saturated rings. The number of benzene rings is 2. The normalized spacial score (nSPS) is 9.74. The second-order valence-corrected chi connectivity index (χ2v) is 5.04. The standard InChI is InChI=1S/C17H16N4O2/c1-21(11-13-5-2-4-12(8-13)10-18)16(22)14-6-3-7-15(9-14)20-17(19)23/h2-9H,11H2,1H3,(H3,19,20,23). The highest BCUT2D eigenvalue weighted by molar-refractivity contribution is 5.96. The fraction of sp³-hybridized carbons (Fsp3) is 0.118. The minimum absolute atomic E-state index is 0.194. The zero-order valence-electron chi connectivity index (χ0n) is 12.6. The molecule has 6 nitrogen and oxygen atoms in total. The van der Waals surface area contributed by atoms with Crippen molar-refractivity contribution in [3.8, 4) is 6.07 Å². The molecular formula is C17H16N4O2. The molecule has 0 heterocycles. The number of urea groups is 1. The van der Waals surface area contributed by atoms with Crippen LogP contribution in [0.25, 0.3) is 0 Å². The molecule has 116 valence electrons. The summed E-state index contributed by atoms with van der Waals surface area (Å²) in [4.78, 5) is 24.9. The highest BCUT2D eigenvalue weighted by Crippen LogP contribution is 2.14. The maximum atomic E-state index is 12.5. The number of nitrogens with two attached hydrogens (primary N) is 1. The molecular weight excluding hydrogens is 292 g/mol. The molecule has 6 heteroatoms. The summed E-state index contributed by atoms with van der Waals surface area (Å²) in [5, 5.41) is 11.3. The van der Waals surface area contributed by atoms with Gasteiger partial charge < -0.3 is 16.0 Å². The van der Waals surface area contributed by atoms with E-state index >= 15 is 0 Å². The molecule has 0 bridgehead atoms. The van der Waals surface area contributed by atoms with Gasteiger partial charge >= 0.3 is 6.03 Å². The molecule has 0 aliphatic rings. The fourth-order valence-electron chi connectivity index (χ4n) is 2.18. The highest BCUT2D eigenvalue weighted by Gasteiger charge is 2.13. The third-order valence-corrected chi connectivity index (χ3v) is 3.20. The van der Waals surface area contributed by atoms with Gasteiger partial charge in [-0.1, -0.05) is 18.2 Å². The average Bonchev–Trinajstić information content (AvgIpc) is 2.54. The number of rotatable bonds is 4. The maximum absolute atomic E-state index is 12.5. The van der Waals surface area contributed by atoms with E-state index in [0.29, 0.717) is 23.4 Å². The van der Waals surface area contributed by atoms with Gasteiger partial charge in [-0.3, -0.25) is 4.79 Å². The van der Waals surface area contributed by atoms with Gasteiger partial charge in [-0.05, 0) is 35.9 Å². The molecule has 2 aromatic carbocycles. The molecule has 0 unspecified atom stereocenters. The molecule has 3 N–H and O–H groups in total. The lowest BCUT2D eigenvalue weighted by Crippen LogP contribution is -2.26. The molecule has 0 spiro atoms. The van der Waals surface area contributed by atoms with Crippen molar-refractivity contribution in [1.29, 1.82) is 5.26 Å². The van der Waals surface area contributed by atoms with E-state index in [9.17, 15) is 9.59 Å². The molecule has 0 saturated carbocycles. The number of nitrogens with one attached hydrogen (secondary N) is 1. The van der Waals surface area contributed by atoms with Gasteiger partial charge in [0.05, 0.1) is 11.6 Å². The first-order valence-electron chi connectivity index (χ1n) is 6.90. The van der Waals surface area contributed by atoms with Crippen molar-refractivity contribution in [3.05, 3.63) is 65.2 Å². The van der Waals surface area contributed by atoms with E-state index in [1.54, 1.807) is 54.4 Å². The topological polar surface area (TPSA) is 99.2 Å². The van der Waals surface area contributed by atoms with Crippen molar-refractivity contribution in [1.82, 2.24) is 4.90 Å². The van der Waals surface area contributed by atoms with Gasteiger partial charge in [0, 0.05) is 24.8 Å². The van der Waals surface area contributed by atoms with Crippen LogP contribution in [-0.4, -0.2) is 23.9 Å². The summed E-state index contributed by atoms with van der Waals surface area (Å²) in [5.74, 6) is -0.194. The lowest BCUT2D eigenvalue weighted by Gasteiger charge is -2.18. The van der Waals surface area contributed by atoms with Gasteiger partial charge in [-0.15, -0.1) is 0 Å². The second kappa shape index (κ2) is 7.09. The van der Waals surface area contributed by atoms with Gasteiger partial charge in [0.1, 0.15) is 0 Å². The zero-order chi connectivity index (χ0) is 16.8. The Bertz CT molecular complexity index is 780. The SMILES string of the molecule is CN(Cc1cccc(C#N)c1)C(=O)c1cccc(NC(N)=O)c1. The third-order valence-electron chi connectivity index (χ3n) is 3.20. The monoisotopic (exact) mass is 308 g/mol. The Morgan fingerprint density at radius 3 is 2.65 bits per heavy atom. The van der Waals surface area contributed by atoms with Gasteiger partial charge in [0.25, 0.3) is 5.91 Å². The van der Waals surface area contributed by atoms with Crippen molar-refractivity contribution >= 4 is 17.6 Å². The Labute approximate surface area is 134 Å². The largest absolute Gasteiger partial charge is 0.351 e. The van der Waals surface area contributed by atoms with Crippen LogP contribution >= 0.6 is 0 Å². The van der Waals surface area contributed by atoms with Crippen LogP contribution in [0.5, 0.6) is 0 Å². The highest BCUT2D eigenvalue weighted by atomic mass is 16.2. The van der Waals surface area contributed by atoms with Crippen molar-refractivity contribution in [3.63, 3.8) is 0 Å². The molecule has 0 aromatic heterocycles. The zero-order valence-corrected chi connectivity index (χ0v) is 12.6. The molecule has 0 radical (unpaired) electrons. The van der Waals surface area contributed by atoms with E-state index < -0.39 is 6.03 Å². The fourth-order valence-corrected chi connectivity index (χ4v) is 2.18. The van der Waals surface area contributed by atoms with Crippen LogP contribution in [-0.2, 0) is 6.54 Å². The number of carbonyl (C=O) groups excluding carboxylic acids is 2. The summed E-state index contributed by atoms with van der Waals surface area (Å²) in [6, 6.07) is 15.0. The van der Waals surface area contributed by atoms with Crippen molar-refractivity contribution in [2.45, 2.75) is 6.54 Å². The third kappa shape index (κ3) is 4.32. The molecule has 23 heavy (non-hydrogen) atoms. The number of carbonyl (C=O) groups is 2. The van der Waals surface area contributed by atoms with Crippen molar-refractivity contribution in [2.75, 3.05) is 12.4 Å². The number of hydrogen-bond acceptors (Lipinski definition) is 3. The minimum atomic E-state index is -0.684. The van der Waals surface area contributed by atoms with E-state index in [2.05, 4.69) is 11.4 Å². The molecule has 0 aliphatic heterocycles. The van der Waals surface area contributed by atoms with Crippen LogP contribution in [0.3, 0.4) is 0 Å². The average molecular weight is 308 g/mol. The lowest BCUT2D eigenvalue weighted by molar-refractivity contribution is 0.0785. The number of nitrogens with zero attached hydrogens (tertiary/aromatic N) is 2. The van der Waals surface area contributed by atoms with Gasteiger partial charge in [-0.2, -0.15) is 5.26 Å². The predicted molar refractivity (Wildman–Crippen MR) is 86.6 cm³/mol. The summed E-state index contributed by atoms with van der Waals surface area (Å²) in [7, 11) is 1.68. The molecule has 0 atom stereocenters. The Balaban J connectivity index is 2.13. The number of primary amides is 1. The van der Waals surface area contributed by atoms with Crippen LogP contribution in [0, 0.1) is 11.3 Å². The van der Waals surface area contributed by atoms with E-state index in [0.717, 1.165) is 5.56 Å². The van der Waals surface area contributed by atoms with Crippen LogP contribution in [0.2, 0.25) is 0 Å². The van der Waals surface area contributed by atoms with E-state index in [4.69, 9.17) is 11.0 Å². The van der Waals surface area contributed by atoms with Gasteiger partial charge in [-0.25, -0.2) is 4.79 Å². The van der Waals surface area contributed by atoms with E-state index in [-0.39, 0.29) is 5.91 Å². The first-order chi connectivity index (χ1) is 11.0. The molecule has 0 saturated heterocycles. The first-order valence-corrected chi connectivity index (χ1v) is 6.90. The van der Waals surface area contributed by atoms with Crippen LogP contribution in [0.4, 0.5) is 10.5 Å². The van der Waals surface area contributed by atoms with Crippen molar-refractivity contribution in [2.24, 2.45) is 5.73 Å². The molecule has 3 amide bonds. The predicted octanol–water partition coefficient (Wildman–Crippen LogP) is 2.32. The molecule has 2 aromatic rings. The summed E-state index contributed by atoms with van der Waals surface area (Å²) in [6.45, 7) is 0.377. The Kier molecular flexibility index (Phi) is 4.95. The Morgan fingerprint density at radius 2 is 1.96 bits per heavy atom. The van der Waals surface area contributed by atoms with Crippen LogP contribution in [0.15, 0.2) is 48.5 Å². The number of amides is 3. The molecule has 2 rings (SSSR count).